The Morgan fingerprint density at radius 3 is 3.00 bits per heavy atom. The third-order valence-corrected chi connectivity index (χ3v) is 4.10. The molecule has 19 heavy (non-hydrogen) atoms. The van der Waals surface area contributed by atoms with Gasteiger partial charge in [-0.1, -0.05) is 19.8 Å². The highest BCUT2D eigenvalue weighted by molar-refractivity contribution is 5.98. The molecule has 100 valence electrons. The number of nitrogens with two attached hydrogens (primary N) is 1. The zero-order valence-corrected chi connectivity index (χ0v) is 11.4. The molecule has 0 aliphatic heterocycles. The lowest BCUT2D eigenvalue weighted by molar-refractivity contribution is 0.359. The summed E-state index contributed by atoms with van der Waals surface area (Å²) in [6.07, 6.45) is 7.01. The van der Waals surface area contributed by atoms with Gasteiger partial charge in [-0.2, -0.15) is 0 Å². The minimum Gasteiger partial charge on any atom is -0.398 e. The number of anilines is 2. The molecule has 2 atom stereocenters. The van der Waals surface area contributed by atoms with E-state index >= 15 is 0 Å². The molecule has 1 aliphatic carbocycles. The maximum absolute atomic E-state index is 6.01. The zero-order chi connectivity index (χ0) is 13.2. The fourth-order valence-corrected chi connectivity index (χ4v) is 3.10. The molecule has 0 saturated heterocycles. The second-order valence-electron chi connectivity index (χ2n) is 5.71. The number of aromatic nitrogens is 1. The Morgan fingerprint density at radius 1 is 1.26 bits per heavy atom. The second kappa shape index (κ2) is 5.08. The van der Waals surface area contributed by atoms with E-state index in [2.05, 4.69) is 23.3 Å². The van der Waals surface area contributed by atoms with Crippen molar-refractivity contribution in [3.05, 3.63) is 30.5 Å². The van der Waals surface area contributed by atoms with E-state index in [1.54, 1.807) is 0 Å². The molecule has 1 fully saturated rings. The Bertz CT molecular complexity index is 579. The van der Waals surface area contributed by atoms with Crippen LogP contribution < -0.4 is 11.1 Å². The Hall–Kier alpha value is -1.77. The summed E-state index contributed by atoms with van der Waals surface area (Å²) in [6, 6.07) is 8.57. The molecular formula is C16H21N3. The average Bonchev–Trinajstić information content (AvgIpc) is 2.42. The summed E-state index contributed by atoms with van der Waals surface area (Å²) in [5, 5.41) is 4.70. The third kappa shape index (κ3) is 2.50. The van der Waals surface area contributed by atoms with Gasteiger partial charge in [0.25, 0.3) is 0 Å². The van der Waals surface area contributed by atoms with Crippen molar-refractivity contribution in [3.8, 4) is 0 Å². The van der Waals surface area contributed by atoms with Gasteiger partial charge in [0.05, 0.1) is 11.2 Å². The van der Waals surface area contributed by atoms with Gasteiger partial charge in [0.2, 0.25) is 0 Å². The van der Waals surface area contributed by atoms with E-state index in [9.17, 15) is 0 Å². The van der Waals surface area contributed by atoms with Crippen molar-refractivity contribution in [2.45, 2.75) is 38.6 Å². The number of hydrogen-bond donors (Lipinski definition) is 2. The SMILES string of the molecule is CC1CCCC(Nc2ccc(N)c3cccnc23)C1. The molecule has 0 spiro atoms. The number of pyridine rings is 1. The van der Waals surface area contributed by atoms with Crippen LogP contribution in [0, 0.1) is 5.92 Å². The van der Waals surface area contributed by atoms with Gasteiger partial charge in [-0.15, -0.1) is 0 Å². The molecule has 1 aliphatic rings. The molecule has 2 aromatic rings. The minimum absolute atomic E-state index is 0.567. The summed E-state index contributed by atoms with van der Waals surface area (Å²) in [6.45, 7) is 2.34. The van der Waals surface area contributed by atoms with E-state index < -0.39 is 0 Å². The number of benzene rings is 1. The van der Waals surface area contributed by atoms with Crippen LogP contribution in [0.3, 0.4) is 0 Å². The Kier molecular flexibility index (Phi) is 3.28. The van der Waals surface area contributed by atoms with Crippen LogP contribution in [0.15, 0.2) is 30.5 Å². The third-order valence-electron chi connectivity index (χ3n) is 4.10. The fourth-order valence-electron chi connectivity index (χ4n) is 3.10. The molecule has 0 bridgehead atoms. The first-order valence-corrected chi connectivity index (χ1v) is 7.14. The molecule has 0 amide bonds. The summed E-state index contributed by atoms with van der Waals surface area (Å²) in [7, 11) is 0. The molecule has 3 rings (SSSR count). The van der Waals surface area contributed by atoms with Crippen LogP contribution in [0.4, 0.5) is 11.4 Å². The van der Waals surface area contributed by atoms with Gasteiger partial charge in [-0.3, -0.25) is 4.98 Å². The van der Waals surface area contributed by atoms with Crippen LogP contribution in [0.1, 0.15) is 32.6 Å². The monoisotopic (exact) mass is 255 g/mol. The molecule has 0 radical (unpaired) electrons. The van der Waals surface area contributed by atoms with E-state index in [-0.39, 0.29) is 0 Å². The number of nitrogen functional groups attached to an aromatic ring is 1. The zero-order valence-electron chi connectivity index (χ0n) is 11.4. The summed E-state index contributed by atoms with van der Waals surface area (Å²) < 4.78 is 0. The molecule has 3 heteroatoms. The van der Waals surface area contributed by atoms with E-state index in [1.807, 2.05) is 24.4 Å². The number of hydrogen-bond acceptors (Lipinski definition) is 3. The molecule has 1 aromatic carbocycles. The van der Waals surface area contributed by atoms with Gasteiger partial charge in [0.15, 0.2) is 0 Å². The van der Waals surface area contributed by atoms with Gasteiger partial charge in [0.1, 0.15) is 0 Å². The van der Waals surface area contributed by atoms with Crippen molar-refractivity contribution in [3.63, 3.8) is 0 Å². The summed E-state index contributed by atoms with van der Waals surface area (Å²) in [4.78, 5) is 4.48. The molecule has 2 unspecified atom stereocenters. The quantitative estimate of drug-likeness (QED) is 0.802. The smallest absolute Gasteiger partial charge is 0.0953 e. The van der Waals surface area contributed by atoms with Crippen molar-refractivity contribution >= 4 is 22.3 Å². The number of nitrogens with zero attached hydrogens (tertiary/aromatic N) is 1. The van der Waals surface area contributed by atoms with E-state index in [0.29, 0.717) is 6.04 Å². The predicted octanol–water partition coefficient (Wildman–Crippen LogP) is 3.81. The van der Waals surface area contributed by atoms with E-state index in [0.717, 1.165) is 28.2 Å². The lowest BCUT2D eigenvalue weighted by Crippen LogP contribution is -2.26. The van der Waals surface area contributed by atoms with Gasteiger partial charge in [0, 0.05) is 23.3 Å². The van der Waals surface area contributed by atoms with Crippen LogP contribution >= 0.6 is 0 Å². The second-order valence-corrected chi connectivity index (χ2v) is 5.71. The molecular weight excluding hydrogens is 234 g/mol. The highest BCUT2D eigenvalue weighted by Crippen LogP contribution is 2.30. The van der Waals surface area contributed by atoms with Crippen molar-refractivity contribution in [2.24, 2.45) is 5.92 Å². The number of fused-ring (bicyclic) bond motifs is 1. The molecule has 1 heterocycles. The van der Waals surface area contributed by atoms with Crippen molar-refractivity contribution in [1.29, 1.82) is 0 Å². The predicted molar refractivity (Wildman–Crippen MR) is 81.2 cm³/mol. The highest BCUT2D eigenvalue weighted by Gasteiger charge is 2.19. The largest absolute Gasteiger partial charge is 0.398 e. The topological polar surface area (TPSA) is 50.9 Å². The van der Waals surface area contributed by atoms with Gasteiger partial charge in [-0.25, -0.2) is 0 Å². The van der Waals surface area contributed by atoms with Crippen LogP contribution in [-0.4, -0.2) is 11.0 Å². The van der Waals surface area contributed by atoms with Crippen LogP contribution in [0.5, 0.6) is 0 Å². The van der Waals surface area contributed by atoms with Crippen molar-refractivity contribution in [2.75, 3.05) is 11.1 Å². The highest BCUT2D eigenvalue weighted by atomic mass is 14.9. The molecule has 3 nitrogen and oxygen atoms in total. The van der Waals surface area contributed by atoms with Crippen molar-refractivity contribution < 1.29 is 0 Å². The Morgan fingerprint density at radius 2 is 2.16 bits per heavy atom. The first-order chi connectivity index (χ1) is 9.24. The lowest BCUT2D eigenvalue weighted by atomic mass is 9.87. The molecule has 1 saturated carbocycles. The maximum atomic E-state index is 6.01. The Balaban J connectivity index is 1.90. The summed E-state index contributed by atoms with van der Waals surface area (Å²) >= 11 is 0. The van der Waals surface area contributed by atoms with E-state index in [1.165, 1.54) is 25.7 Å². The summed E-state index contributed by atoms with van der Waals surface area (Å²) in [5.41, 5.74) is 8.91. The molecule has 1 aromatic heterocycles. The Labute approximate surface area is 114 Å². The van der Waals surface area contributed by atoms with Gasteiger partial charge >= 0.3 is 0 Å². The first kappa shape index (κ1) is 12.3. The standard InChI is InChI=1S/C16H21N3/c1-11-4-2-5-12(10-11)19-15-8-7-14(17)13-6-3-9-18-16(13)15/h3,6-9,11-12,19H,2,4-5,10,17H2,1H3. The first-order valence-electron chi connectivity index (χ1n) is 7.14. The molecule has 3 N–H and O–H groups in total. The number of nitrogens with one attached hydrogen (secondary N) is 1. The van der Waals surface area contributed by atoms with Gasteiger partial charge < -0.3 is 11.1 Å². The lowest BCUT2D eigenvalue weighted by Gasteiger charge is -2.28. The van der Waals surface area contributed by atoms with E-state index in [4.69, 9.17) is 5.73 Å². The van der Waals surface area contributed by atoms with Crippen LogP contribution in [-0.2, 0) is 0 Å². The van der Waals surface area contributed by atoms with Crippen molar-refractivity contribution in [1.82, 2.24) is 4.98 Å². The number of rotatable bonds is 2. The summed E-state index contributed by atoms with van der Waals surface area (Å²) in [5.74, 6) is 0.819. The fraction of sp³-hybridized carbons (Fsp3) is 0.438. The maximum Gasteiger partial charge on any atom is 0.0953 e. The average molecular weight is 255 g/mol. The minimum atomic E-state index is 0.567. The van der Waals surface area contributed by atoms with Crippen LogP contribution in [0.25, 0.3) is 10.9 Å². The van der Waals surface area contributed by atoms with Crippen LogP contribution in [0.2, 0.25) is 0 Å². The normalized spacial score (nSPS) is 23.4. The van der Waals surface area contributed by atoms with Gasteiger partial charge in [-0.05, 0) is 43.0 Å².